The van der Waals surface area contributed by atoms with Crippen molar-refractivity contribution in [2.75, 3.05) is 39.7 Å². The number of ether oxygens (including phenoxy) is 4. The molecule has 1 amide bonds. The molecule has 1 atom stereocenters. The lowest BCUT2D eigenvalue weighted by molar-refractivity contribution is -0.129. The maximum Gasteiger partial charge on any atom is 0.233 e. The SMILES string of the molecule is COc1ccc(OC)c(-n2nnnc2SCC(=O)N2CCCC2c2ccc3c(c2)OCCCO3)c1. The number of fused-ring (bicyclic) bond motifs is 1. The third kappa shape index (κ3) is 4.86. The van der Waals surface area contributed by atoms with Gasteiger partial charge in [-0.15, -0.1) is 5.10 Å². The summed E-state index contributed by atoms with van der Waals surface area (Å²) in [5, 5.41) is 12.5. The monoisotopic (exact) mass is 497 g/mol. The van der Waals surface area contributed by atoms with Gasteiger partial charge in [-0.3, -0.25) is 4.79 Å². The second-order valence-electron chi connectivity index (χ2n) is 8.20. The van der Waals surface area contributed by atoms with Crippen molar-refractivity contribution >= 4 is 17.7 Å². The van der Waals surface area contributed by atoms with Gasteiger partial charge in [-0.25, -0.2) is 0 Å². The summed E-state index contributed by atoms with van der Waals surface area (Å²) in [4.78, 5) is 15.2. The fourth-order valence-corrected chi connectivity index (χ4v) is 5.16. The van der Waals surface area contributed by atoms with Crippen LogP contribution in [0.15, 0.2) is 41.6 Å². The second kappa shape index (κ2) is 10.4. The largest absolute Gasteiger partial charge is 0.497 e. The number of rotatable bonds is 7. The second-order valence-corrected chi connectivity index (χ2v) is 9.14. The zero-order valence-electron chi connectivity index (χ0n) is 19.7. The molecule has 0 saturated carbocycles. The molecule has 11 heteroatoms. The molecule has 184 valence electrons. The third-order valence-electron chi connectivity index (χ3n) is 6.11. The molecule has 1 aromatic heterocycles. The summed E-state index contributed by atoms with van der Waals surface area (Å²) in [5.41, 5.74) is 1.70. The molecule has 1 saturated heterocycles. The van der Waals surface area contributed by atoms with Crippen LogP contribution in [0.3, 0.4) is 0 Å². The van der Waals surface area contributed by atoms with Gasteiger partial charge < -0.3 is 23.8 Å². The minimum atomic E-state index is 0.00901. The quantitative estimate of drug-likeness (QED) is 0.455. The Morgan fingerprint density at radius 2 is 1.94 bits per heavy atom. The zero-order chi connectivity index (χ0) is 24.2. The topological polar surface area (TPSA) is 101 Å². The fourth-order valence-electron chi connectivity index (χ4n) is 4.39. The van der Waals surface area contributed by atoms with E-state index in [1.165, 1.54) is 11.8 Å². The van der Waals surface area contributed by atoms with E-state index in [0.717, 1.165) is 36.3 Å². The summed E-state index contributed by atoms with van der Waals surface area (Å²) in [6.07, 6.45) is 2.72. The molecular weight excluding hydrogens is 470 g/mol. The lowest BCUT2D eigenvalue weighted by Crippen LogP contribution is -2.32. The van der Waals surface area contributed by atoms with Crippen molar-refractivity contribution in [3.8, 4) is 28.7 Å². The Morgan fingerprint density at radius 1 is 1.09 bits per heavy atom. The minimum absolute atomic E-state index is 0.00901. The third-order valence-corrected chi connectivity index (χ3v) is 7.01. The number of carbonyl (C=O) groups excluding carboxylic acids is 1. The summed E-state index contributed by atoms with van der Waals surface area (Å²) >= 11 is 1.29. The molecule has 2 aromatic carbocycles. The van der Waals surface area contributed by atoms with E-state index in [4.69, 9.17) is 18.9 Å². The van der Waals surface area contributed by atoms with Crippen molar-refractivity contribution in [3.05, 3.63) is 42.0 Å². The van der Waals surface area contributed by atoms with Crippen molar-refractivity contribution < 1.29 is 23.7 Å². The Kier molecular flexibility index (Phi) is 6.94. The summed E-state index contributed by atoms with van der Waals surface area (Å²) in [5.74, 6) is 3.02. The number of tetrazole rings is 1. The average molecular weight is 498 g/mol. The number of benzene rings is 2. The highest BCUT2D eigenvalue weighted by atomic mass is 32.2. The van der Waals surface area contributed by atoms with E-state index in [1.807, 2.05) is 23.1 Å². The Balaban J connectivity index is 1.30. The number of likely N-dealkylation sites (tertiary alicyclic amines) is 1. The number of carbonyl (C=O) groups is 1. The lowest BCUT2D eigenvalue weighted by Gasteiger charge is -2.25. The van der Waals surface area contributed by atoms with Crippen LogP contribution in [0.25, 0.3) is 5.69 Å². The summed E-state index contributed by atoms with van der Waals surface area (Å²) in [7, 11) is 3.17. The number of hydrogen-bond donors (Lipinski definition) is 0. The number of amides is 1. The molecule has 2 aliphatic rings. The van der Waals surface area contributed by atoms with Crippen molar-refractivity contribution in [1.29, 1.82) is 0 Å². The van der Waals surface area contributed by atoms with Gasteiger partial charge in [0.15, 0.2) is 11.5 Å². The van der Waals surface area contributed by atoms with E-state index >= 15 is 0 Å². The van der Waals surface area contributed by atoms with Crippen LogP contribution in [0, 0.1) is 0 Å². The van der Waals surface area contributed by atoms with Gasteiger partial charge in [0.1, 0.15) is 17.2 Å². The first-order valence-electron chi connectivity index (χ1n) is 11.5. The number of methoxy groups -OCH3 is 2. The number of nitrogens with zero attached hydrogens (tertiary/aromatic N) is 5. The summed E-state index contributed by atoms with van der Waals surface area (Å²) in [6.45, 7) is 2.00. The lowest BCUT2D eigenvalue weighted by atomic mass is 10.0. The van der Waals surface area contributed by atoms with Crippen molar-refractivity contribution in [3.63, 3.8) is 0 Å². The standard InChI is InChI=1S/C24H27N5O5S/c1-31-17-7-9-20(32-2)19(14-17)29-24(25-26-27-29)35-15-23(30)28-10-3-5-18(28)16-6-8-21-22(13-16)34-12-4-11-33-21/h6-9,13-14,18H,3-5,10-12,15H2,1-2H3. The number of hydrogen-bond acceptors (Lipinski definition) is 9. The maximum absolute atomic E-state index is 13.3. The normalized spacial score (nSPS) is 17.2. The van der Waals surface area contributed by atoms with E-state index in [1.54, 1.807) is 37.1 Å². The van der Waals surface area contributed by atoms with E-state index < -0.39 is 0 Å². The fraction of sp³-hybridized carbons (Fsp3) is 0.417. The van der Waals surface area contributed by atoms with Gasteiger partial charge in [0.05, 0.1) is 39.2 Å². The van der Waals surface area contributed by atoms with Gasteiger partial charge in [-0.1, -0.05) is 17.8 Å². The van der Waals surface area contributed by atoms with E-state index in [9.17, 15) is 4.79 Å². The molecule has 1 fully saturated rings. The first-order chi connectivity index (χ1) is 17.2. The minimum Gasteiger partial charge on any atom is -0.497 e. The van der Waals surface area contributed by atoms with Gasteiger partial charge >= 0.3 is 0 Å². The van der Waals surface area contributed by atoms with E-state index in [-0.39, 0.29) is 17.7 Å². The molecule has 2 aliphatic heterocycles. The van der Waals surface area contributed by atoms with Crippen LogP contribution in [-0.4, -0.2) is 70.7 Å². The summed E-state index contributed by atoms with van der Waals surface area (Å²) in [6, 6.07) is 11.4. The van der Waals surface area contributed by atoms with Crippen LogP contribution < -0.4 is 18.9 Å². The van der Waals surface area contributed by atoms with Gasteiger partial charge in [0.2, 0.25) is 11.1 Å². The first-order valence-corrected chi connectivity index (χ1v) is 12.5. The van der Waals surface area contributed by atoms with Gasteiger partial charge in [-0.05, 0) is 53.1 Å². The molecule has 3 heterocycles. The molecule has 1 unspecified atom stereocenters. The van der Waals surface area contributed by atoms with Crippen LogP contribution in [0.4, 0.5) is 0 Å². The molecule has 0 bridgehead atoms. The molecule has 0 spiro atoms. The Hall–Kier alpha value is -3.47. The Morgan fingerprint density at radius 3 is 2.77 bits per heavy atom. The molecule has 0 radical (unpaired) electrons. The highest BCUT2D eigenvalue weighted by Crippen LogP contribution is 2.38. The molecule has 0 N–H and O–H groups in total. The average Bonchev–Trinajstić information content (AvgIpc) is 3.51. The smallest absolute Gasteiger partial charge is 0.233 e. The van der Waals surface area contributed by atoms with Gasteiger partial charge in [0, 0.05) is 19.0 Å². The summed E-state index contributed by atoms with van der Waals surface area (Å²) < 4.78 is 24.0. The molecule has 0 aliphatic carbocycles. The zero-order valence-corrected chi connectivity index (χ0v) is 20.5. The van der Waals surface area contributed by atoms with E-state index in [0.29, 0.717) is 42.1 Å². The number of aromatic nitrogens is 4. The molecule has 3 aromatic rings. The molecule has 35 heavy (non-hydrogen) atoms. The van der Waals surface area contributed by atoms with Crippen molar-refractivity contribution in [2.45, 2.75) is 30.5 Å². The van der Waals surface area contributed by atoms with Crippen molar-refractivity contribution in [2.24, 2.45) is 0 Å². The van der Waals surface area contributed by atoms with E-state index in [2.05, 4.69) is 15.5 Å². The van der Waals surface area contributed by atoms with Crippen molar-refractivity contribution in [1.82, 2.24) is 25.1 Å². The Bertz CT molecular complexity index is 1200. The predicted octanol–water partition coefficient (Wildman–Crippen LogP) is 3.30. The highest BCUT2D eigenvalue weighted by Gasteiger charge is 2.31. The van der Waals surface area contributed by atoms with Crippen LogP contribution >= 0.6 is 11.8 Å². The molecule has 10 nitrogen and oxygen atoms in total. The van der Waals surface area contributed by atoms with Crippen LogP contribution in [0.5, 0.6) is 23.0 Å². The van der Waals surface area contributed by atoms with Gasteiger partial charge in [-0.2, -0.15) is 4.68 Å². The van der Waals surface area contributed by atoms with Crippen LogP contribution in [-0.2, 0) is 4.79 Å². The number of thioether (sulfide) groups is 1. The first kappa shape index (κ1) is 23.3. The van der Waals surface area contributed by atoms with Crippen LogP contribution in [0.2, 0.25) is 0 Å². The molecular formula is C24H27N5O5S. The molecule has 5 rings (SSSR count). The van der Waals surface area contributed by atoms with Gasteiger partial charge in [0.25, 0.3) is 0 Å². The maximum atomic E-state index is 13.3. The Labute approximate surface area is 207 Å². The highest BCUT2D eigenvalue weighted by molar-refractivity contribution is 7.99. The predicted molar refractivity (Wildman–Crippen MR) is 129 cm³/mol. The van der Waals surface area contributed by atoms with Crippen LogP contribution in [0.1, 0.15) is 30.9 Å².